The lowest BCUT2D eigenvalue weighted by Gasteiger charge is -2.36. The zero-order chi connectivity index (χ0) is 15.0. The third-order valence-electron chi connectivity index (χ3n) is 3.92. The minimum atomic E-state index is -2.68. The fourth-order valence-corrected chi connectivity index (χ4v) is 2.52. The first kappa shape index (κ1) is 14.8. The third kappa shape index (κ3) is 2.78. The fourth-order valence-electron chi connectivity index (χ4n) is 2.52. The van der Waals surface area contributed by atoms with Gasteiger partial charge in [-0.3, -0.25) is 4.98 Å². The minimum absolute atomic E-state index is 0.0125. The monoisotopic (exact) mass is 287 g/mol. The Balaban J connectivity index is 2.27. The number of hydrogen-bond acceptors (Lipinski definition) is 3. The number of aromatic nitrogens is 1. The summed E-state index contributed by atoms with van der Waals surface area (Å²) in [7, 11) is 1.19. The predicted molar refractivity (Wildman–Crippen MR) is 66.3 cm³/mol. The molecule has 1 aliphatic rings. The van der Waals surface area contributed by atoms with Gasteiger partial charge in [-0.1, -0.05) is 6.92 Å². The molecular weight excluding hydrogens is 271 g/mol. The molecule has 0 atom stereocenters. The standard InChI is InChI=1S/C14H16F3NO2/c1-13(3-5-14(16,17)6-4-13)11-10(15)7-9(8-18-11)12(19)20-2/h7-8H,3-6H2,1-2H3. The van der Waals surface area contributed by atoms with E-state index in [4.69, 9.17) is 0 Å². The molecule has 1 fully saturated rings. The van der Waals surface area contributed by atoms with E-state index in [1.165, 1.54) is 13.3 Å². The van der Waals surface area contributed by atoms with E-state index >= 15 is 0 Å². The molecule has 0 bridgehead atoms. The van der Waals surface area contributed by atoms with Crippen molar-refractivity contribution in [3.8, 4) is 0 Å². The van der Waals surface area contributed by atoms with Crippen molar-refractivity contribution >= 4 is 5.97 Å². The number of alkyl halides is 2. The SMILES string of the molecule is COC(=O)c1cnc(C2(C)CCC(F)(F)CC2)c(F)c1. The van der Waals surface area contributed by atoms with Crippen molar-refractivity contribution in [2.24, 2.45) is 0 Å². The lowest BCUT2D eigenvalue weighted by molar-refractivity contribution is -0.0506. The molecule has 1 heterocycles. The van der Waals surface area contributed by atoms with E-state index in [0.29, 0.717) is 0 Å². The maximum absolute atomic E-state index is 14.1. The molecule has 1 aliphatic carbocycles. The summed E-state index contributed by atoms with van der Waals surface area (Å²) in [6.07, 6.45) is 1.01. The van der Waals surface area contributed by atoms with Crippen molar-refractivity contribution in [3.63, 3.8) is 0 Å². The van der Waals surface area contributed by atoms with Gasteiger partial charge >= 0.3 is 5.97 Å². The zero-order valence-corrected chi connectivity index (χ0v) is 11.4. The van der Waals surface area contributed by atoms with E-state index in [2.05, 4.69) is 9.72 Å². The molecule has 0 saturated heterocycles. The Morgan fingerprint density at radius 3 is 2.40 bits per heavy atom. The summed E-state index contributed by atoms with van der Waals surface area (Å²) in [6, 6.07) is 1.05. The van der Waals surface area contributed by atoms with Crippen LogP contribution in [0.5, 0.6) is 0 Å². The topological polar surface area (TPSA) is 39.2 Å². The van der Waals surface area contributed by atoms with Crippen LogP contribution in [0.4, 0.5) is 13.2 Å². The smallest absolute Gasteiger partial charge is 0.339 e. The lowest BCUT2D eigenvalue weighted by Crippen LogP contribution is -2.35. The number of ether oxygens (including phenoxy) is 1. The van der Waals surface area contributed by atoms with Gasteiger partial charge in [-0.25, -0.2) is 18.0 Å². The van der Waals surface area contributed by atoms with Gasteiger partial charge in [0, 0.05) is 24.5 Å². The van der Waals surface area contributed by atoms with Crippen molar-refractivity contribution in [2.75, 3.05) is 7.11 Å². The van der Waals surface area contributed by atoms with E-state index < -0.39 is 23.1 Å². The molecule has 0 spiro atoms. The van der Waals surface area contributed by atoms with Gasteiger partial charge in [0.25, 0.3) is 0 Å². The number of nitrogens with zero attached hydrogens (tertiary/aromatic N) is 1. The number of carbonyl (C=O) groups excluding carboxylic acids is 1. The minimum Gasteiger partial charge on any atom is -0.465 e. The molecule has 1 aromatic heterocycles. The highest BCUT2D eigenvalue weighted by Gasteiger charge is 2.43. The highest BCUT2D eigenvalue weighted by molar-refractivity contribution is 5.88. The molecule has 0 unspecified atom stereocenters. The Morgan fingerprint density at radius 1 is 1.30 bits per heavy atom. The van der Waals surface area contributed by atoms with Crippen LogP contribution in [0.15, 0.2) is 12.3 Å². The van der Waals surface area contributed by atoms with Crippen LogP contribution in [0.25, 0.3) is 0 Å². The number of halogens is 3. The zero-order valence-electron chi connectivity index (χ0n) is 11.4. The van der Waals surface area contributed by atoms with Crippen molar-refractivity contribution in [2.45, 2.75) is 43.9 Å². The van der Waals surface area contributed by atoms with E-state index in [1.54, 1.807) is 6.92 Å². The molecule has 6 heteroatoms. The number of hydrogen-bond donors (Lipinski definition) is 0. The van der Waals surface area contributed by atoms with Crippen LogP contribution in [-0.2, 0) is 10.2 Å². The number of methoxy groups -OCH3 is 1. The van der Waals surface area contributed by atoms with E-state index in [1.807, 2.05) is 0 Å². The van der Waals surface area contributed by atoms with Gasteiger partial charge < -0.3 is 4.74 Å². The normalized spacial score (nSPS) is 20.4. The molecule has 0 aromatic carbocycles. The van der Waals surface area contributed by atoms with Gasteiger partial charge in [-0.05, 0) is 18.9 Å². The first-order chi connectivity index (χ1) is 9.27. The van der Waals surface area contributed by atoms with Crippen LogP contribution in [0, 0.1) is 5.82 Å². The molecule has 0 aliphatic heterocycles. The third-order valence-corrected chi connectivity index (χ3v) is 3.92. The second-order valence-electron chi connectivity index (χ2n) is 5.46. The first-order valence-electron chi connectivity index (χ1n) is 6.40. The molecule has 3 nitrogen and oxygen atoms in total. The maximum Gasteiger partial charge on any atom is 0.339 e. The average molecular weight is 287 g/mol. The quantitative estimate of drug-likeness (QED) is 0.782. The Morgan fingerprint density at radius 2 is 1.90 bits per heavy atom. The summed E-state index contributed by atoms with van der Waals surface area (Å²) in [5, 5.41) is 0. The van der Waals surface area contributed by atoms with Crippen molar-refractivity contribution in [1.82, 2.24) is 4.98 Å². The first-order valence-corrected chi connectivity index (χ1v) is 6.40. The van der Waals surface area contributed by atoms with Crippen LogP contribution in [0.2, 0.25) is 0 Å². The van der Waals surface area contributed by atoms with Crippen molar-refractivity contribution < 1.29 is 22.7 Å². The Bertz CT molecular complexity index is 521. The number of carbonyl (C=O) groups is 1. The fraction of sp³-hybridized carbons (Fsp3) is 0.571. The predicted octanol–water partition coefficient (Wildman–Crippen LogP) is 3.47. The molecule has 110 valence electrons. The van der Waals surface area contributed by atoms with Crippen LogP contribution in [0.1, 0.15) is 48.7 Å². The second-order valence-corrected chi connectivity index (χ2v) is 5.46. The number of rotatable bonds is 2. The van der Waals surface area contributed by atoms with E-state index in [0.717, 1.165) is 6.07 Å². The van der Waals surface area contributed by atoms with Crippen molar-refractivity contribution in [1.29, 1.82) is 0 Å². The van der Waals surface area contributed by atoms with Gasteiger partial charge in [0.2, 0.25) is 5.92 Å². The van der Waals surface area contributed by atoms with Gasteiger partial charge in [-0.2, -0.15) is 0 Å². The molecular formula is C14H16F3NO2. The highest BCUT2D eigenvalue weighted by Crippen LogP contribution is 2.45. The van der Waals surface area contributed by atoms with Crippen molar-refractivity contribution in [3.05, 3.63) is 29.3 Å². The Hall–Kier alpha value is -1.59. The maximum atomic E-state index is 14.1. The van der Waals surface area contributed by atoms with Gasteiger partial charge in [0.15, 0.2) is 0 Å². The molecule has 0 N–H and O–H groups in total. The summed E-state index contributed by atoms with van der Waals surface area (Å²) in [5.74, 6) is -4.01. The van der Waals surface area contributed by atoms with E-state index in [-0.39, 0.29) is 36.9 Å². The summed E-state index contributed by atoms with van der Waals surface area (Å²) in [4.78, 5) is 15.3. The molecule has 20 heavy (non-hydrogen) atoms. The summed E-state index contributed by atoms with van der Waals surface area (Å²) in [6.45, 7) is 1.73. The summed E-state index contributed by atoms with van der Waals surface area (Å²) >= 11 is 0. The molecule has 2 rings (SSSR count). The average Bonchev–Trinajstić information content (AvgIpc) is 2.41. The largest absolute Gasteiger partial charge is 0.465 e. The van der Waals surface area contributed by atoms with Crippen LogP contribution < -0.4 is 0 Å². The van der Waals surface area contributed by atoms with Crippen LogP contribution >= 0.6 is 0 Å². The number of pyridine rings is 1. The van der Waals surface area contributed by atoms with Gasteiger partial charge in [-0.15, -0.1) is 0 Å². The molecule has 1 aromatic rings. The highest BCUT2D eigenvalue weighted by atomic mass is 19.3. The van der Waals surface area contributed by atoms with Crippen LogP contribution in [0.3, 0.4) is 0 Å². The van der Waals surface area contributed by atoms with E-state index in [9.17, 15) is 18.0 Å². The summed E-state index contributed by atoms with van der Waals surface area (Å²) < 4.78 is 45.0. The Kier molecular flexibility index (Phi) is 3.75. The number of esters is 1. The van der Waals surface area contributed by atoms with Gasteiger partial charge in [0.1, 0.15) is 5.82 Å². The molecule has 0 radical (unpaired) electrons. The lowest BCUT2D eigenvalue weighted by atomic mass is 9.72. The molecule has 0 amide bonds. The summed E-state index contributed by atoms with van der Waals surface area (Å²) in [5.41, 5.74) is -0.570. The van der Waals surface area contributed by atoms with Crippen LogP contribution in [-0.4, -0.2) is 24.0 Å². The van der Waals surface area contributed by atoms with Gasteiger partial charge in [0.05, 0.1) is 18.4 Å². The Labute approximate surface area is 115 Å². The second kappa shape index (κ2) is 5.07. The molecule has 1 saturated carbocycles.